The van der Waals surface area contributed by atoms with E-state index in [-0.39, 0.29) is 17.8 Å². The Morgan fingerprint density at radius 3 is 2.46 bits per heavy atom. The molecule has 0 spiro atoms. The maximum absolute atomic E-state index is 12.6. The van der Waals surface area contributed by atoms with Gasteiger partial charge in [0.05, 0.1) is 4.92 Å². The van der Waals surface area contributed by atoms with E-state index in [1.54, 1.807) is 24.0 Å². The second kappa shape index (κ2) is 7.59. The molecule has 126 valence electrons. The molecule has 6 nitrogen and oxygen atoms in total. The molecule has 6 heteroatoms. The fraction of sp³-hybridized carbons (Fsp3) is 0.278. The van der Waals surface area contributed by atoms with Crippen molar-refractivity contribution < 1.29 is 9.72 Å². The van der Waals surface area contributed by atoms with E-state index in [9.17, 15) is 14.9 Å². The first-order chi connectivity index (χ1) is 11.4. The first-order valence-corrected chi connectivity index (χ1v) is 7.75. The number of hydrogen-bond donors (Lipinski definition) is 1. The van der Waals surface area contributed by atoms with Crippen molar-refractivity contribution in [2.24, 2.45) is 0 Å². The molecule has 0 saturated carbocycles. The Labute approximate surface area is 141 Å². The van der Waals surface area contributed by atoms with Gasteiger partial charge >= 0.3 is 6.03 Å². The van der Waals surface area contributed by atoms with E-state index in [1.807, 2.05) is 44.2 Å². The standard InChI is InChI=1S/C18H21N3O3/c1-13(2)20(12-15-7-5-4-6-8-15)18(22)19-16-10-9-14(3)17(11-16)21(23)24/h4-11,13H,12H2,1-3H3,(H,19,22). The van der Waals surface area contributed by atoms with Gasteiger partial charge in [-0.15, -0.1) is 0 Å². The van der Waals surface area contributed by atoms with Crippen molar-refractivity contribution in [2.45, 2.75) is 33.4 Å². The lowest BCUT2D eigenvalue weighted by Gasteiger charge is -2.27. The summed E-state index contributed by atoms with van der Waals surface area (Å²) < 4.78 is 0. The van der Waals surface area contributed by atoms with Gasteiger partial charge in [0.2, 0.25) is 0 Å². The Morgan fingerprint density at radius 1 is 1.21 bits per heavy atom. The average Bonchev–Trinajstić information content (AvgIpc) is 2.54. The Hall–Kier alpha value is -2.89. The second-order valence-corrected chi connectivity index (χ2v) is 5.90. The fourth-order valence-electron chi connectivity index (χ4n) is 2.35. The summed E-state index contributed by atoms with van der Waals surface area (Å²) >= 11 is 0. The van der Waals surface area contributed by atoms with Gasteiger partial charge in [-0.25, -0.2) is 4.79 Å². The SMILES string of the molecule is Cc1ccc(NC(=O)N(Cc2ccccc2)C(C)C)cc1[N+](=O)[O-]. The molecule has 0 radical (unpaired) electrons. The first kappa shape index (κ1) is 17.5. The van der Waals surface area contributed by atoms with Crippen molar-refractivity contribution in [3.8, 4) is 0 Å². The number of nitrogens with one attached hydrogen (secondary N) is 1. The molecule has 2 rings (SSSR count). The minimum absolute atomic E-state index is 0.00745. The molecule has 0 aliphatic rings. The highest BCUT2D eigenvalue weighted by molar-refractivity contribution is 5.90. The summed E-state index contributed by atoms with van der Waals surface area (Å²) in [6, 6.07) is 14.1. The van der Waals surface area contributed by atoms with Crippen LogP contribution in [0.15, 0.2) is 48.5 Å². The van der Waals surface area contributed by atoms with Crippen molar-refractivity contribution in [1.29, 1.82) is 0 Å². The van der Waals surface area contributed by atoms with Crippen LogP contribution in [-0.4, -0.2) is 21.9 Å². The molecule has 0 bridgehead atoms. The summed E-state index contributed by atoms with van der Waals surface area (Å²) in [4.78, 5) is 24.8. The van der Waals surface area contributed by atoms with Crippen LogP contribution in [0.5, 0.6) is 0 Å². The number of anilines is 1. The smallest absolute Gasteiger partial charge is 0.318 e. The van der Waals surface area contributed by atoms with Gasteiger partial charge in [0, 0.05) is 29.9 Å². The van der Waals surface area contributed by atoms with Crippen molar-refractivity contribution in [2.75, 3.05) is 5.32 Å². The summed E-state index contributed by atoms with van der Waals surface area (Å²) in [6.45, 7) is 6.00. The highest BCUT2D eigenvalue weighted by Gasteiger charge is 2.19. The summed E-state index contributed by atoms with van der Waals surface area (Å²) in [5.74, 6) is 0. The number of nitro benzene ring substituents is 1. The Morgan fingerprint density at radius 2 is 1.88 bits per heavy atom. The van der Waals surface area contributed by atoms with Crippen LogP contribution in [0.25, 0.3) is 0 Å². The molecule has 0 fully saturated rings. The molecule has 0 saturated heterocycles. The first-order valence-electron chi connectivity index (χ1n) is 7.75. The summed E-state index contributed by atoms with van der Waals surface area (Å²) in [7, 11) is 0. The molecule has 24 heavy (non-hydrogen) atoms. The molecule has 0 aliphatic carbocycles. The molecule has 2 amide bonds. The van der Waals surface area contributed by atoms with Gasteiger partial charge in [0.1, 0.15) is 0 Å². The van der Waals surface area contributed by atoms with Crippen LogP contribution in [0.3, 0.4) is 0 Å². The normalized spacial score (nSPS) is 10.5. The number of aryl methyl sites for hydroxylation is 1. The van der Waals surface area contributed by atoms with Gasteiger partial charge < -0.3 is 10.2 Å². The van der Waals surface area contributed by atoms with E-state index >= 15 is 0 Å². The predicted molar refractivity (Wildman–Crippen MR) is 94.0 cm³/mol. The lowest BCUT2D eigenvalue weighted by molar-refractivity contribution is -0.385. The van der Waals surface area contributed by atoms with E-state index in [1.165, 1.54) is 6.07 Å². The second-order valence-electron chi connectivity index (χ2n) is 5.90. The van der Waals surface area contributed by atoms with Gasteiger partial charge in [-0.3, -0.25) is 10.1 Å². The number of hydrogen-bond acceptors (Lipinski definition) is 3. The van der Waals surface area contributed by atoms with E-state index in [0.717, 1.165) is 5.56 Å². The van der Waals surface area contributed by atoms with Crippen molar-refractivity contribution in [3.63, 3.8) is 0 Å². The van der Waals surface area contributed by atoms with Crippen molar-refractivity contribution in [1.82, 2.24) is 4.90 Å². The van der Waals surface area contributed by atoms with E-state index in [4.69, 9.17) is 0 Å². The number of nitrogens with zero attached hydrogens (tertiary/aromatic N) is 2. The van der Waals surface area contributed by atoms with Gasteiger partial charge in [-0.2, -0.15) is 0 Å². The lowest BCUT2D eigenvalue weighted by atomic mass is 10.2. The molecule has 2 aromatic rings. The quantitative estimate of drug-likeness (QED) is 0.655. The zero-order valence-corrected chi connectivity index (χ0v) is 14.0. The van der Waals surface area contributed by atoms with Crippen molar-refractivity contribution in [3.05, 3.63) is 69.8 Å². The van der Waals surface area contributed by atoms with Gasteiger partial charge in [-0.1, -0.05) is 36.4 Å². The molecule has 0 heterocycles. The number of nitro groups is 1. The molecule has 0 unspecified atom stereocenters. The minimum atomic E-state index is -0.449. The van der Waals surface area contributed by atoms with Crippen LogP contribution in [0.1, 0.15) is 25.0 Å². The number of carbonyl (C=O) groups excluding carboxylic acids is 1. The summed E-state index contributed by atoms with van der Waals surface area (Å²) in [5.41, 5.74) is 1.99. The third-order valence-electron chi connectivity index (χ3n) is 3.74. The van der Waals surface area contributed by atoms with Gasteiger partial charge in [0.25, 0.3) is 5.69 Å². The van der Waals surface area contributed by atoms with E-state index < -0.39 is 4.92 Å². The predicted octanol–water partition coefficient (Wildman–Crippen LogP) is 4.35. The fourth-order valence-corrected chi connectivity index (χ4v) is 2.35. The topological polar surface area (TPSA) is 75.5 Å². The molecule has 1 N–H and O–H groups in total. The van der Waals surface area contributed by atoms with Crippen LogP contribution < -0.4 is 5.32 Å². The monoisotopic (exact) mass is 327 g/mol. The van der Waals surface area contributed by atoms with Gasteiger partial charge in [-0.05, 0) is 32.4 Å². The molecule has 0 atom stereocenters. The highest BCUT2D eigenvalue weighted by atomic mass is 16.6. The largest absolute Gasteiger partial charge is 0.322 e. The number of urea groups is 1. The van der Waals surface area contributed by atoms with Crippen LogP contribution in [-0.2, 0) is 6.54 Å². The Balaban J connectivity index is 2.16. The highest BCUT2D eigenvalue weighted by Crippen LogP contribution is 2.23. The molecular weight excluding hydrogens is 306 g/mol. The lowest BCUT2D eigenvalue weighted by Crippen LogP contribution is -2.39. The Bertz CT molecular complexity index is 730. The third-order valence-corrected chi connectivity index (χ3v) is 3.74. The van der Waals surface area contributed by atoms with Crippen LogP contribution in [0, 0.1) is 17.0 Å². The van der Waals surface area contributed by atoms with Gasteiger partial charge in [0.15, 0.2) is 0 Å². The third kappa shape index (κ3) is 4.32. The average molecular weight is 327 g/mol. The van der Waals surface area contributed by atoms with E-state index in [0.29, 0.717) is 17.8 Å². The minimum Gasteiger partial charge on any atom is -0.318 e. The van der Waals surface area contributed by atoms with Crippen LogP contribution >= 0.6 is 0 Å². The van der Waals surface area contributed by atoms with Crippen molar-refractivity contribution >= 4 is 17.4 Å². The van der Waals surface area contributed by atoms with E-state index in [2.05, 4.69) is 5.32 Å². The summed E-state index contributed by atoms with van der Waals surface area (Å²) in [5, 5.41) is 13.8. The maximum atomic E-state index is 12.6. The Kier molecular flexibility index (Phi) is 5.52. The number of rotatable bonds is 5. The zero-order chi connectivity index (χ0) is 17.7. The number of carbonyl (C=O) groups is 1. The number of benzene rings is 2. The molecule has 0 aliphatic heterocycles. The van der Waals surface area contributed by atoms with Crippen LogP contribution in [0.2, 0.25) is 0 Å². The molecule has 2 aromatic carbocycles. The van der Waals surface area contributed by atoms with Crippen LogP contribution in [0.4, 0.5) is 16.2 Å². The number of amides is 2. The zero-order valence-electron chi connectivity index (χ0n) is 14.0. The molecular formula is C18H21N3O3. The summed E-state index contributed by atoms with van der Waals surface area (Å²) in [6.07, 6.45) is 0. The molecule has 0 aromatic heterocycles. The maximum Gasteiger partial charge on any atom is 0.322 e.